The molecule has 13 heteroatoms. The van der Waals surface area contributed by atoms with Gasteiger partial charge in [0, 0.05) is 17.7 Å². The molecule has 0 saturated carbocycles. The number of nitrogen functional groups attached to an aromatic ring is 1. The van der Waals surface area contributed by atoms with E-state index in [4.69, 9.17) is 20.9 Å². The number of primary amides is 1. The van der Waals surface area contributed by atoms with Crippen LogP contribution in [0.3, 0.4) is 0 Å². The van der Waals surface area contributed by atoms with E-state index >= 15 is 0 Å². The summed E-state index contributed by atoms with van der Waals surface area (Å²) < 4.78 is 26.1. The first-order valence-electron chi connectivity index (χ1n) is 10.7. The molecule has 0 aliphatic rings. The fourth-order valence-corrected chi connectivity index (χ4v) is 3.40. The third-order valence-electron chi connectivity index (χ3n) is 5.11. The van der Waals surface area contributed by atoms with Gasteiger partial charge in [0.1, 0.15) is 22.9 Å². The Morgan fingerprint density at radius 2 is 1.86 bits per heavy atom. The maximum atomic E-state index is 14.4. The van der Waals surface area contributed by atoms with Crippen LogP contribution in [-0.4, -0.2) is 46.7 Å². The quantitative estimate of drug-likeness (QED) is 0.324. The second kappa shape index (κ2) is 10.7. The van der Waals surface area contributed by atoms with Crippen LogP contribution < -0.4 is 31.6 Å². The fraction of sp³-hybridized carbons (Fsp3) is 0.261. The third kappa shape index (κ3) is 5.51. The molecule has 3 amide bonds. The first-order valence-corrected chi connectivity index (χ1v) is 10.7. The standard InChI is InChI=1S/C23H26FN7O5/c1-11(2)31-21(25)18(22(26)33)19(30-31)23(34)29-15-8-13(10-27-20(15)24)28-17(32)7-12-5-6-14(35-3)9-16(12)36-4/h5-6,8-11H,7,25H2,1-4H3,(H2,26,33)(H,28,32)(H,29,34). The van der Waals surface area contributed by atoms with Gasteiger partial charge in [0.15, 0.2) is 5.69 Å². The van der Waals surface area contributed by atoms with E-state index in [2.05, 4.69) is 20.7 Å². The molecule has 0 aliphatic heterocycles. The van der Waals surface area contributed by atoms with Crippen LogP contribution in [0.4, 0.5) is 21.6 Å². The molecule has 0 atom stereocenters. The first-order chi connectivity index (χ1) is 17.0. The van der Waals surface area contributed by atoms with Gasteiger partial charge in [-0.3, -0.25) is 14.4 Å². The molecule has 0 bridgehead atoms. The molecule has 2 aromatic heterocycles. The zero-order chi connectivity index (χ0) is 26.6. The number of benzene rings is 1. The Kier molecular flexibility index (Phi) is 7.72. The monoisotopic (exact) mass is 499 g/mol. The van der Waals surface area contributed by atoms with E-state index in [0.29, 0.717) is 17.1 Å². The number of nitrogens with zero attached hydrogens (tertiary/aromatic N) is 3. The van der Waals surface area contributed by atoms with Crippen molar-refractivity contribution in [3.8, 4) is 11.5 Å². The Balaban J connectivity index is 1.80. The molecule has 36 heavy (non-hydrogen) atoms. The lowest BCUT2D eigenvalue weighted by molar-refractivity contribution is -0.115. The third-order valence-corrected chi connectivity index (χ3v) is 5.11. The summed E-state index contributed by atoms with van der Waals surface area (Å²) in [6.07, 6.45) is 1.04. The summed E-state index contributed by atoms with van der Waals surface area (Å²) in [5.74, 6) is -2.41. The summed E-state index contributed by atoms with van der Waals surface area (Å²) in [4.78, 5) is 40.8. The topological polar surface area (TPSA) is 176 Å². The largest absolute Gasteiger partial charge is 0.497 e. The molecule has 6 N–H and O–H groups in total. The number of methoxy groups -OCH3 is 2. The molecule has 0 saturated heterocycles. The van der Waals surface area contributed by atoms with Crippen LogP contribution in [0, 0.1) is 5.95 Å². The van der Waals surface area contributed by atoms with Crippen LogP contribution in [0.1, 0.15) is 46.3 Å². The van der Waals surface area contributed by atoms with E-state index in [0.717, 1.165) is 6.20 Å². The minimum absolute atomic E-state index is 0.0554. The molecule has 3 aromatic rings. The highest BCUT2D eigenvalue weighted by Gasteiger charge is 2.27. The molecule has 2 heterocycles. The van der Waals surface area contributed by atoms with Crippen LogP contribution in [-0.2, 0) is 11.2 Å². The number of hydrogen-bond donors (Lipinski definition) is 4. The Bertz CT molecular complexity index is 1320. The van der Waals surface area contributed by atoms with Crippen molar-refractivity contribution in [3.05, 3.63) is 53.2 Å². The van der Waals surface area contributed by atoms with Crippen LogP contribution in [0.5, 0.6) is 11.5 Å². The number of nitrogens with one attached hydrogen (secondary N) is 2. The highest BCUT2D eigenvalue weighted by molar-refractivity contribution is 6.12. The van der Waals surface area contributed by atoms with Crippen molar-refractivity contribution in [3.63, 3.8) is 0 Å². The van der Waals surface area contributed by atoms with Crippen molar-refractivity contribution in [2.75, 3.05) is 30.6 Å². The summed E-state index contributed by atoms with van der Waals surface area (Å²) in [6, 6.07) is 5.92. The number of amides is 3. The van der Waals surface area contributed by atoms with Gasteiger partial charge in [-0.25, -0.2) is 9.67 Å². The molecule has 0 aliphatic carbocycles. The van der Waals surface area contributed by atoms with Crippen molar-refractivity contribution in [1.82, 2.24) is 14.8 Å². The van der Waals surface area contributed by atoms with Crippen molar-refractivity contribution in [2.45, 2.75) is 26.3 Å². The molecule has 0 unspecified atom stereocenters. The molecular formula is C23H26FN7O5. The molecule has 1 aromatic carbocycles. The molecule has 3 rings (SSSR count). The SMILES string of the molecule is COc1ccc(CC(=O)Nc2cnc(F)c(NC(=O)c3nn(C(C)C)c(N)c3C(N)=O)c2)c(OC)c1. The zero-order valence-electron chi connectivity index (χ0n) is 20.1. The van der Waals surface area contributed by atoms with Crippen molar-refractivity contribution >= 4 is 34.9 Å². The van der Waals surface area contributed by atoms with Crippen LogP contribution in [0.2, 0.25) is 0 Å². The number of pyridine rings is 1. The maximum Gasteiger partial charge on any atom is 0.277 e. The van der Waals surface area contributed by atoms with E-state index in [1.807, 2.05) is 0 Å². The van der Waals surface area contributed by atoms with Crippen LogP contribution >= 0.6 is 0 Å². The molecule has 12 nitrogen and oxygen atoms in total. The van der Waals surface area contributed by atoms with E-state index < -0.39 is 23.7 Å². The summed E-state index contributed by atoms with van der Waals surface area (Å²) in [6.45, 7) is 3.49. The van der Waals surface area contributed by atoms with Crippen molar-refractivity contribution in [2.24, 2.45) is 5.73 Å². The smallest absolute Gasteiger partial charge is 0.277 e. The zero-order valence-corrected chi connectivity index (χ0v) is 20.1. The molecule has 190 valence electrons. The second-order valence-corrected chi connectivity index (χ2v) is 7.93. The lowest BCUT2D eigenvalue weighted by atomic mass is 10.1. The summed E-state index contributed by atoms with van der Waals surface area (Å²) >= 11 is 0. The highest BCUT2D eigenvalue weighted by Crippen LogP contribution is 2.26. The number of halogens is 1. The lowest BCUT2D eigenvalue weighted by Gasteiger charge is -2.11. The van der Waals surface area contributed by atoms with E-state index in [1.54, 1.807) is 32.0 Å². The predicted molar refractivity (Wildman–Crippen MR) is 130 cm³/mol. The van der Waals surface area contributed by atoms with Crippen molar-refractivity contribution < 1.29 is 28.2 Å². The molecular weight excluding hydrogens is 473 g/mol. The number of rotatable bonds is 9. The molecule has 0 spiro atoms. The van der Waals surface area contributed by atoms with Gasteiger partial charge < -0.3 is 31.6 Å². The lowest BCUT2D eigenvalue weighted by Crippen LogP contribution is -2.21. The van der Waals surface area contributed by atoms with Crippen molar-refractivity contribution in [1.29, 1.82) is 0 Å². The second-order valence-electron chi connectivity index (χ2n) is 7.93. The number of nitrogens with two attached hydrogens (primary N) is 2. The summed E-state index contributed by atoms with van der Waals surface area (Å²) in [5, 5.41) is 8.93. The van der Waals surface area contributed by atoms with E-state index in [9.17, 15) is 18.8 Å². The number of ether oxygens (including phenoxy) is 2. The number of hydrogen-bond acceptors (Lipinski definition) is 8. The highest BCUT2D eigenvalue weighted by atomic mass is 19.1. The van der Waals surface area contributed by atoms with Gasteiger partial charge in [-0.15, -0.1) is 0 Å². The number of anilines is 3. The Morgan fingerprint density at radius 1 is 1.14 bits per heavy atom. The van der Waals surface area contributed by atoms with Gasteiger partial charge >= 0.3 is 0 Å². The minimum atomic E-state index is -1.02. The van der Waals surface area contributed by atoms with E-state index in [-0.39, 0.29) is 40.9 Å². The Hall–Kier alpha value is -4.68. The average Bonchev–Trinajstić information content (AvgIpc) is 3.19. The number of aromatic nitrogens is 3. The van der Waals surface area contributed by atoms with Gasteiger partial charge in [-0.2, -0.15) is 9.49 Å². The number of carbonyl (C=O) groups excluding carboxylic acids is 3. The average molecular weight is 500 g/mol. The summed E-state index contributed by atoms with van der Waals surface area (Å²) in [5.41, 5.74) is 11.0. The minimum Gasteiger partial charge on any atom is -0.497 e. The van der Waals surface area contributed by atoms with E-state index in [1.165, 1.54) is 25.0 Å². The molecule has 0 fully saturated rings. The fourth-order valence-electron chi connectivity index (χ4n) is 3.40. The number of carbonyl (C=O) groups is 3. The van der Waals surface area contributed by atoms with Crippen LogP contribution in [0.15, 0.2) is 30.5 Å². The Morgan fingerprint density at radius 3 is 2.47 bits per heavy atom. The van der Waals surface area contributed by atoms with Gasteiger partial charge in [-0.1, -0.05) is 6.07 Å². The predicted octanol–water partition coefficient (Wildman–Crippen LogP) is 2.13. The van der Waals surface area contributed by atoms with Gasteiger partial charge in [0.05, 0.1) is 38.2 Å². The molecule has 0 radical (unpaired) electrons. The van der Waals surface area contributed by atoms with Gasteiger partial charge in [0.2, 0.25) is 11.9 Å². The van der Waals surface area contributed by atoms with Gasteiger partial charge in [-0.05, 0) is 26.0 Å². The Labute approximate surface area is 205 Å². The van der Waals surface area contributed by atoms with Gasteiger partial charge in [0.25, 0.3) is 11.8 Å². The maximum absolute atomic E-state index is 14.4. The normalized spacial score (nSPS) is 10.7. The first kappa shape index (κ1) is 25.9. The van der Waals surface area contributed by atoms with Crippen LogP contribution in [0.25, 0.3) is 0 Å². The summed E-state index contributed by atoms with van der Waals surface area (Å²) in [7, 11) is 2.98.